The van der Waals surface area contributed by atoms with Crippen molar-refractivity contribution in [1.29, 1.82) is 0 Å². The topological polar surface area (TPSA) is 73.6 Å². The third-order valence-electron chi connectivity index (χ3n) is 1.65. The van der Waals surface area contributed by atoms with Crippen LogP contribution in [0.15, 0.2) is 24.3 Å². The number of para-hydroxylation sites is 1. The van der Waals surface area contributed by atoms with Gasteiger partial charge in [0.1, 0.15) is 11.3 Å². The lowest BCUT2D eigenvalue weighted by Gasteiger charge is -2.13. The van der Waals surface area contributed by atoms with Gasteiger partial charge in [0.15, 0.2) is 0 Å². The van der Waals surface area contributed by atoms with Crippen molar-refractivity contribution < 1.29 is 14.3 Å². The molecule has 1 aromatic carbocycles. The van der Waals surface area contributed by atoms with Crippen LogP contribution >= 0.6 is 11.6 Å². The lowest BCUT2D eigenvalue weighted by atomic mass is 10.2. The van der Waals surface area contributed by atoms with Gasteiger partial charge in [0.2, 0.25) is 5.69 Å². The van der Waals surface area contributed by atoms with E-state index in [2.05, 4.69) is 10.2 Å². The van der Waals surface area contributed by atoms with E-state index in [4.69, 9.17) is 22.2 Å². The monoisotopic (exact) mass is 230 g/mol. The van der Waals surface area contributed by atoms with Crippen molar-refractivity contribution in [2.24, 2.45) is 5.84 Å². The second kappa shape index (κ2) is 5.55. The molecule has 0 aliphatic rings. The largest absolute Gasteiger partial charge is 0.465 e. The number of esters is 1. The molecule has 0 amide bonds. The third kappa shape index (κ3) is 3.09. The number of ether oxygens (including phenoxy) is 2. The second-order valence-electron chi connectivity index (χ2n) is 2.59. The summed E-state index contributed by atoms with van der Waals surface area (Å²) in [4.78, 5) is 11.3. The highest BCUT2D eigenvalue weighted by Crippen LogP contribution is 2.20. The summed E-state index contributed by atoms with van der Waals surface area (Å²) in [6.45, 7) is 0. The Kier molecular flexibility index (Phi) is 4.36. The summed E-state index contributed by atoms with van der Waals surface area (Å²) in [5.74, 6) is 4.87. The number of carbonyl (C=O) groups is 1. The molecule has 3 N–H and O–H groups in total. The molecule has 1 unspecified atom stereocenters. The zero-order valence-electron chi connectivity index (χ0n) is 8.07. The Labute approximate surface area is 92.1 Å². The van der Waals surface area contributed by atoms with Gasteiger partial charge >= 0.3 is 5.97 Å². The van der Waals surface area contributed by atoms with Crippen LogP contribution in [0.5, 0.6) is 5.75 Å². The highest BCUT2D eigenvalue weighted by molar-refractivity contribution is 6.19. The highest BCUT2D eigenvalue weighted by atomic mass is 35.5. The molecule has 1 aromatic rings. The average molecular weight is 231 g/mol. The Morgan fingerprint density at radius 2 is 2.20 bits per heavy atom. The first-order valence-electron chi connectivity index (χ1n) is 4.13. The van der Waals surface area contributed by atoms with Crippen molar-refractivity contribution in [3.05, 3.63) is 29.8 Å². The molecule has 1 rings (SSSR count). The Morgan fingerprint density at radius 1 is 1.53 bits per heavy atom. The maximum atomic E-state index is 11.3. The van der Waals surface area contributed by atoms with Gasteiger partial charge in [-0.15, -0.1) is 0 Å². The molecule has 5 nitrogen and oxygen atoms in total. The van der Waals surface area contributed by atoms with Gasteiger partial charge in [-0.2, -0.15) is 0 Å². The average Bonchev–Trinajstić information content (AvgIpc) is 2.28. The molecule has 0 aromatic heterocycles. The molecule has 0 saturated heterocycles. The maximum absolute atomic E-state index is 11.3. The van der Waals surface area contributed by atoms with E-state index in [1.165, 1.54) is 7.11 Å². The van der Waals surface area contributed by atoms with Gasteiger partial charge in [-0.1, -0.05) is 23.7 Å². The number of alkyl halides is 1. The van der Waals surface area contributed by atoms with Gasteiger partial charge in [0.05, 0.1) is 7.11 Å². The number of hydrogen-bond donors (Lipinski definition) is 2. The van der Waals surface area contributed by atoms with E-state index in [1.807, 2.05) is 0 Å². The molecule has 0 aliphatic heterocycles. The van der Waals surface area contributed by atoms with Gasteiger partial charge in [-0.25, -0.2) is 10.2 Å². The number of rotatable bonds is 4. The van der Waals surface area contributed by atoms with E-state index in [0.29, 0.717) is 11.3 Å². The summed E-state index contributed by atoms with van der Waals surface area (Å²) in [6.07, 6.45) is 0. The van der Waals surface area contributed by atoms with Crippen LogP contribution in [0, 0.1) is 0 Å². The SMILES string of the molecule is COC(=O)c1ccccc1OC(Cl)NN. The van der Waals surface area contributed by atoms with Crippen molar-refractivity contribution in [3.63, 3.8) is 0 Å². The molecule has 82 valence electrons. The minimum absolute atomic E-state index is 0.293. The maximum Gasteiger partial charge on any atom is 0.341 e. The number of hydrogen-bond acceptors (Lipinski definition) is 5. The molecule has 1 atom stereocenters. The number of nitrogens with one attached hydrogen (secondary N) is 1. The second-order valence-corrected chi connectivity index (χ2v) is 2.98. The van der Waals surface area contributed by atoms with E-state index in [9.17, 15) is 4.79 Å². The van der Waals surface area contributed by atoms with Crippen LogP contribution in [0.1, 0.15) is 10.4 Å². The smallest absolute Gasteiger partial charge is 0.341 e. The molecule has 0 heterocycles. The fourth-order valence-electron chi connectivity index (χ4n) is 0.993. The predicted octanol–water partition coefficient (Wildman–Crippen LogP) is 0.838. The summed E-state index contributed by atoms with van der Waals surface area (Å²) < 4.78 is 9.72. The van der Waals surface area contributed by atoms with Crippen molar-refractivity contribution in [2.45, 2.75) is 5.69 Å². The minimum atomic E-state index is -0.907. The van der Waals surface area contributed by atoms with Crippen LogP contribution in [0.3, 0.4) is 0 Å². The first-order chi connectivity index (χ1) is 7.19. The molecular weight excluding hydrogens is 220 g/mol. The van der Waals surface area contributed by atoms with Gasteiger partial charge in [-0.05, 0) is 12.1 Å². The van der Waals surface area contributed by atoms with Gasteiger partial charge < -0.3 is 9.47 Å². The minimum Gasteiger partial charge on any atom is -0.465 e. The Balaban J connectivity index is 2.91. The van der Waals surface area contributed by atoms with Crippen molar-refractivity contribution in [3.8, 4) is 5.75 Å². The van der Waals surface area contributed by atoms with Crippen LogP contribution in [-0.2, 0) is 4.74 Å². The van der Waals surface area contributed by atoms with Crippen molar-refractivity contribution in [2.75, 3.05) is 7.11 Å². The van der Waals surface area contributed by atoms with E-state index in [1.54, 1.807) is 24.3 Å². The fraction of sp³-hybridized carbons (Fsp3) is 0.222. The third-order valence-corrected chi connectivity index (χ3v) is 1.87. The molecule has 0 radical (unpaired) electrons. The van der Waals surface area contributed by atoms with E-state index in [-0.39, 0.29) is 0 Å². The summed E-state index contributed by atoms with van der Waals surface area (Å²) in [6, 6.07) is 6.57. The summed E-state index contributed by atoms with van der Waals surface area (Å²) in [7, 11) is 1.29. The van der Waals surface area contributed by atoms with E-state index < -0.39 is 11.7 Å². The lowest BCUT2D eigenvalue weighted by Crippen LogP contribution is -2.35. The number of nitrogens with two attached hydrogens (primary N) is 1. The zero-order valence-corrected chi connectivity index (χ0v) is 8.82. The van der Waals surface area contributed by atoms with E-state index in [0.717, 1.165) is 0 Å². The van der Waals surface area contributed by atoms with Crippen molar-refractivity contribution >= 4 is 17.6 Å². The zero-order chi connectivity index (χ0) is 11.3. The number of methoxy groups -OCH3 is 1. The predicted molar refractivity (Wildman–Crippen MR) is 55.4 cm³/mol. The Hall–Kier alpha value is -1.30. The van der Waals surface area contributed by atoms with Gasteiger partial charge in [0.25, 0.3) is 0 Å². The standard InChI is InChI=1S/C9H11ClN2O3/c1-14-8(13)6-4-2-3-5-7(6)15-9(10)12-11/h2-5,9,12H,11H2,1H3. The summed E-state index contributed by atoms with van der Waals surface area (Å²) >= 11 is 5.61. The molecule has 6 heteroatoms. The van der Waals surface area contributed by atoms with Crippen LogP contribution in [-0.4, -0.2) is 18.8 Å². The highest BCUT2D eigenvalue weighted by Gasteiger charge is 2.14. The number of carbonyl (C=O) groups excluding carboxylic acids is 1. The molecular formula is C9H11ClN2O3. The quantitative estimate of drug-likeness (QED) is 0.200. The van der Waals surface area contributed by atoms with Crippen LogP contribution in [0.2, 0.25) is 0 Å². The number of benzene rings is 1. The summed E-state index contributed by atoms with van der Waals surface area (Å²) in [5.41, 5.74) is 1.57. The first kappa shape index (κ1) is 11.8. The summed E-state index contributed by atoms with van der Waals surface area (Å²) in [5, 5.41) is 0. The lowest BCUT2D eigenvalue weighted by molar-refractivity contribution is 0.0594. The van der Waals surface area contributed by atoms with Crippen LogP contribution < -0.4 is 16.0 Å². The number of halogens is 1. The molecule has 0 bridgehead atoms. The van der Waals surface area contributed by atoms with Gasteiger partial charge in [-0.3, -0.25) is 5.84 Å². The number of hydrazine groups is 1. The van der Waals surface area contributed by atoms with Gasteiger partial charge in [0, 0.05) is 0 Å². The Bertz CT molecular complexity index is 346. The van der Waals surface area contributed by atoms with Crippen molar-refractivity contribution in [1.82, 2.24) is 5.43 Å². The molecule has 0 saturated carbocycles. The normalized spacial score (nSPS) is 11.9. The van der Waals surface area contributed by atoms with E-state index >= 15 is 0 Å². The molecule has 0 spiro atoms. The molecule has 0 fully saturated rings. The van der Waals surface area contributed by atoms with Crippen LogP contribution in [0.4, 0.5) is 0 Å². The fourth-order valence-corrected chi connectivity index (χ4v) is 1.09. The molecule has 0 aliphatic carbocycles. The van der Waals surface area contributed by atoms with Crippen LogP contribution in [0.25, 0.3) is 0 Å². The molecule has 15 heavy (non-hydrogen) atoms. The Morgan fingerprint density at radius 3 is 2.80 bits per heavy atom. The first-order valence-corrected chi connectivity index (χ1v) is 4.57.